The lowest BCUT2D eigenvalue weighted by Crippen LogP contribution is -2.11. The molecule has 0 amide bonds. The van der Waals surface area contributed by atoms with Gasteiger partial charge in [-0.05, 0) is 104 Å². The SMILES string of the molecule is c1ccc(-c2ccc(-c3ccc(N(c4ccc(-c5ccc6ccccc6c5)cc4)c4ccccc4-c4cccc5oc6c7ccccc7ccc6c45)cc3)cc2)cc1. The third kappa shape index (κ3) is 5.91. The van der Waals surface area contributed by atoms with E-state index in [0.717, 1.165) is 55.5 Å². The number of rotatable bonds is 7. The summed E-state index contributed by atoms with van der Waals surface area (Å²) < 4.78 is 6.65. The second-order valence-electron chi connectivity index (χ2n) is 14.9. The summed E-state index contributed by atoms with van der Waals surface area (Å²) in [5.41, 5.74) is 14.5. The zero-order chi connectivity index (χ0) is 38.4. The molecule has 58 heavy (non-hydrogen) atoms. The molecule has 11 aromatic rings. The first-order valence-corrected chi connectivity index (χ1v) is 19.8. The quantitative estimate of drug-likeness (QED) is 0.162. The summed E-state index contributed by atoms with van der Waals surface area (Å²) in [6.45, 7) is 0. The maximum absolute atomic E-state index is 6.65. The molecule has 0 saturated carbocycles. The summed E-state index contributed by atoms with van der Waals surface area (Å²) in [4.78, 5) is 2.39. The standard InChI is InChI=1S/C56H37NO/c1-2-11-38(12-3-1)40-21-23-41(24-22-40)42-27-32-47(33-28-42)57(48-34-29-43(30-35-48)46-26-25-39-13-4-5-15-45(39)37-46)53-19-9-8-17-50(53)51-18-10-20-54-55(51)52-36-31-44-14-6-7-16-49(44)56(52)58-54/h1-37H. The van der Waals surface area contributed by atoms with Crippen LogP contribution in [0.4, 0.5) is 17.1 Å². The van der Waals surface area contributed by atoms with Crippen LogP contribution in [0.5, 0.6) is 0 Å². The van der Waals surface area contributed by atoms with Crippen LogP contribution in [0.2, 0.25) is 0 Å². The molecule has 2 heteroatoms. The normalized spacial score (nSPS) is 11.4. The van der Waals surface area contributed by atoms with Gasteiger partial charge in [0.1, 0.15) is 11.2 Å². The largest absolute Gasteiger partial charge is 0.455 e. The van der Waals surface area contributed by atoms with E-state index in [-0.39, 0.29) is 0 Å². The van der Waals surface area contributed by atoms with Crippen LogP contribution < -0.4 is 4.90 Å². The van der Waals surface area contributed by atoms with E-state index in [4.69, 9.17) is 4.42 Å². The minimum absolute atomic E-state index is 0.882. The first-order valence-electron chi connectivity index (χ1n) is 19.8. The van der Waals surface area contributed by atoms with Crippen LogP contribution in [0.15, 0.2) is 229 Å². The molecule has 0 N–H and O–H groups in total. The Morgan fingerprint density at radius 1 is 0.310 bits per heavy atom. The number of nitrogens with zero attached hydrogens (tertiary/aromatic N) is 1. The van der Waals surface area contributed by atoms with Gasteiger partial charge in [-0.15, -0.1) is 0 Å². The zero-order valence-electron chi connectivity index (χ0n) is 31.7. The molecule has 272 valence electrons. The molecule has 0 unspecified atom stereocenters. The van der Waals surface area contributed by atoms with Gasteiger partial charge in [-0.2, -0.15) is 0 Å². The van der Waals surface area contributed by atoms with E-state index in [0.29, 0.717) is 0 Å². The number of para-hydroxylation sites is 1. The summed E-state index contributed by atoms with van der Waals surface area (Å²) in [5, 5.41) is 7.02. The summed E-state index contributed by atoms with van der Waals surface area (Å²) >= 11 is 0. The lowest BCUT2D eigenvalue weighted by atomic mass is 9.95. The van der Waals surface area contributed by atoms with Crippen LogP contribution in [-0.2, 0) is 0 Å². The number of hydrogen-bond acceptors (Lipinski definition) is 2. The van der Waals surface area contributed by atoms with Crippen molar-refractivity contribution in [3.63, 3.8) is 0 Å². The van der Waals surface area contributed by atoms with E-state index in [1.54, 1.807) is 0 Å². The molecule has 1 heterocycles. The highest BCUT2D eigenvalue weighted by molar-refractivity contribution is 6.19. The maximum atomic E-state index is 6.65. The van der Waals surface area contributed by atoms with Gasteiger partial charge in [-0.1, -0.05) is 176 Å². The van der Waals surface area contributed by atoms with E-state index in [2.05, 4.69) is 229 Å². The van der Waals surface area contributed by atoms with Crippen molar-refractivity contribution in [2.24, 2.45) is 0 Å². The summed E-state index contributed by atoms with van der Waals surface area (Å²) in [5.74, 6) is 0. The number of anilines is 3. The average Bonchev–Trinajstić information content (AvgIpc) is 3.70. The van der Waals surface area contributed by atoms with E-state index >= 15 is 0 Å². The van der Waals surface area contributed by atoms with Crippen molar-refractivity contribution in [1.29, 1.82) is 0 Å². The molecule has 0 aliphatic rings. The Morgan fingerprint density at radius 2 is 0.828 bits per heavy atom. The fraction of sp³-hybridized carbons (Fsp3) is 0. The lowest BCUT2D eigenvalue weighted by molar-refractivity contribution is 0.673. The number of hydrogen-bond donors (Lipinski definition) is 0. The highest BCUT2D eigenvalue weighted by Crippen LogP contribution is 2.46. The topological polar surface area (TPSA) is 16.4 Å². The van der Waals surface area contributed by atoms with Gasteiger partial charge in [0.05, 0.1) is 5.69 Å². The molecule has 10 aromatic carbocycles. The molecule has 0 fully saturated rings. The highest BCUT2D eigenvalue weighted by Gasteiger charge is 2.21. The first-order chi connectivity index (χ1) is 28.7. The molecule has 1 aromatic heterocycles. The van der Waals surface area contributed by atoms with Crippen LogP contribution in [0.3, 0.4) is 0 Å². The zero-order valence-corrected chi connectivity index (χ0v) is 31.7. The summed E-state index contributed by atoms with van der Waals surface area (Å²) in [6, 6.07) is 80.6. The van der Waals surface area contributed by atoms with Gasteiger partial charge < -0.3 is 9.32 Å². The fourth-order valence-electron chi connectivity index (χ4n) is 8.56. The van der Waals surface area contributed by atoms with Gasteiger partial charge in [0.2, 0.25) is 0 Å². The fourth-order valence-corrected chi connectivity index (χ4v) is 8.56. The smallest absolute Gasteiger partial charge is 0.143 e. The number of furan rings is 1. The molecular formula is C56H37NO. The number of benzene rings is 10. The molecule has 0 bridgehead atoms. The van der Waals surface area contributed by atoms with Gasteiger partial charge in [-0.3, -0.25) is 0 Å². The summed E-state index contributed by atoms with van der Waals surface area (Å²) in [6.07, 6.45) is 0. The minimum Gasteiger partial charge on any atom is -0.455 e. The van der Waals surface area contributed by atoms with E-state index in [9.17, 15) is 0 Å². The third-order valence-corrected chi connectivity index (χ3v) is 11.5. The van der Waals surface area contributed by atoms with Gasteiger partial charge >= 0.3 is 0 Å². The van der Waals surface area contributed by atoms with Crippen molar-refractivity contribution in [2.75, 3.05) is 4.90 Å². The van der Waals surface area contributed by atoms with Gasteiger partial charge in [0.25, 0.3) is 0 Å². The van der Waals surface area contributed by atoms with Crippen molar-refractivity contribution in [3.05, 3.63) is 224 Å². The Balaban J connectivity index is 1.04. The van der Waals surface area contributed by atoms with Gasteiger partial charge in [-0.25, -0.2) is 0 Å². The monoisotopic (exact) mass is 739 g/mol. The van der Waals surface area contributed by atoms with E-state index in [1.807, 2.05) is 0 Å². The van der Waals surface area contributed by atoms with Crippen LogP contribution >= 0.6 is 0 Å². The Morgan fingerprint density at radius 3 is 1.55 bits per heavy atom. The lowest BCUT2D eigenvalue weighted by Gasteiger charge is -2.28. The summed E-state index contributed by atoms with van der Waals surface area (Å²) in [7, 11) is 0. The van der Waals surface area contributed by atoms with E-state index < -0.39 is 0 Å². The molecule has 0 aliphatic heterocycles. The highest BCUT2D eigenvalue weighted by atomic mass is 16.3. The van der Waals surface area contributed by atoms with Crippen LogP contribution in [0.25, 0.3) is 88.0 Å². The average molecular weight is 740 g/mol. The van der Waals surface area contributed by atoms with Crippen molar-refractivity contribution in [2.45, 2.75) is 0 Å². The van der Waals surface area contributed by atoms with Crippen molar-refractivity contribution in [1.82, 2.24) is 0 Å². The van der Waals surface area contributed by atoms with Crippen molar-refractivity contribution in [3.8, 4) is 44.5 Å². The van der Waals surface area contributed by atoms with Crippen LogP contribution in [-0.4, -0.2) is 0 Å². The molecule has 0 radical (unpaired) electrons. The molecule has 0 atom stereocenters. The molecule has 0 aliphatic carbocycles. The maximum Gasteiger partial charge on any atom is 0.143 e. The van der Waals surface area contributed by atoms with Crippen LogP contribution in [0.1, 0.15) is 0 Å². The molecule has 2 nitrogen and oxygen atoms in total. The Bertz CT molecular complexity index is 3250. The second kappa shape index (κ2) is 14.1. The van der Waals surface area contributed by atoms with Gasteiger partial charge in [0.15, 0.2) is 0 Å². The Kier molecular flexibility index (Phi) is 8.19. The van der Waals surface area contributed by atoms with Crippen LogP contribution in [0, 0.1) is 0 Å². The first kappa shape index (κ1) is 33.6. The predicted molar refractivity (Wildman–Crippen MR) is 245 cm³/mol. The number of fused-ring (bicyclic) bond motifs is 6. The second-order valence-corrected chi connectivity index (χ2v) is 14.9. The predicted octanol–water partition coefficient (Wildman–Crippen LogP) is 16.0. The minimum atomic E-state index is 0.882. The Labute approximate surface area is 337 Å². The van der Waals surface area contributed by atoms with E-state index in [1.165, 1.54) is 49.5 Å². The van der Waals surface area contributed by atoms with Gasteiger partial charge in [0, 0.05) is 33.1 Å². The molecule has 11 rings (SSSR count). The van der Waals surface area contributed by atoms with Crippen molar-refractivity contribution < 1.29 is 4.42 Å². The third-order valence-electron chi connectivity index (χ3n) is 11.5. The molecule has 0 saturated heterocycles. The molecular weight excluding hydrogens is 703 g/mol. The van der Waals surface area contributed by atoms with Crippen molar-refractivity contribution >= 4 is 60.5 Å². The molecule has 0 spiro atoms. The Hall–Kier alpha value is -7.68.